The number of carbonyl (C=O) groups is 1. The van der Waals surface area contributed by atoms with Gasteiger partial charge in [-0.2, -0.15) is 0 Å². The van der Waals surface area contributed by atoms with E-state index in [1.165, 1.54) is 6.07 Å². The van der Waals surface area contributed by atoms with Crippen molar-refractivity contribution in [2.24, 2.45) is 0 Å². The maximum absolute atomic E-state index is 13.0. The van der Waals surface area contributed by atoms with Gasteiger partial charge in [-0.3, -0.25) is 4.79 Å². The summed E-state index contributed by atoms with van der Waals surface area (Å²) in [6.45, 7) is 4.16. The first kappa shape index (κ1) is 14.0. The van der Waals surface area contributed by atoms with E-state index in [1.807, 2.05) is 11.0 Å². The van der Waals surface area contributed by atoms with E-state index in [4.69, 9.17) is 0 Å². The second-order valence-electron chi connectivity index (χ2n) is 5.11. The van der Waals surface area contributed by atoms with E-state index in [1.54, 1.807) is 19.1 Å². The molecule has 19 heavy (non-hydrogen) atoms. The van der Waals surface area contributed by atoms with E-state index in [2.05, 4.69) is 5.32 Å². The molecule has 1 aromatic carbocycles. The van der Waals surface area contributed by atoms with Gasteiger partial charge in [0.25, 0.3) is 0 Å². The van der Waals surface area contributed by atoms with Crippen LogP contribution in [0.3, 0.4) is 0 Å². The normalized spacial score (nSPS) is 16.6. The summed E-state index contributed by atoms with van der Waals surface area (Å²) < 4.78 is 13.0. The van der Waals surface area contributed by atoms with Gasteiger partial charge in [-0.25, -0.2) is 4.39 Å². The minimum atomic E-state index is -0.174. The summed E-state index contributed by atoms with van der Waals surface area (Å²) in [5, 5.41) is 3.49. The van der Waals surface area contributed by atoms with Crippen molar-refractivity contribution in [2.45, 2.75) is 32.2 Å². The van der Waals surface area contributed by atoms with Crippen LogP contribution in [-0.2, 0) is 11.2 Å². The highest BCUT2D eigenvalue weighted by atomic mass is 19.1. The summed E-state index contributed by atoms with van der Waals surface area (Å²) in [4.78, 5) is 13.1. The van der Waals surface area contributed by atoms with E-state index in [-0.39, 0.29) is 11.7 Å². The van der Waals surface area contributed by atoms with Crippen molar-refractivity contribution in [3.8, 4) is 0 Å². The first-order valence-corrected chi connectivity index (χ1v) is 6.88. The van der Waals surface area contributed by atoms with Crippen molar-refractivity contribution in [1.82, 2.24) is 10.2 Å². The SMILES string of the molecule is CC(=O)N1CCC(NCCc2cccc(F)c2)CC1. The molecule has 0 unspecified atom stereocenters. The van der Waals surface area contributed by atoms with Crippen molar-refractivity contribution < 1.29 is 9.18 Å². The molecule has 0 spiro atoms. The van der Waals surface area contributed by atoms with Crippen LogP contribution in [0.25, 0.3) is 0 Å². The molecule has 1 saturated heterocycles. The lowest BCUT2D eigenvalue weighted by Gasteiger charge is -2.31. The standard InChI is InChI=1S/C15H21FN2O/c1-12(19)18-9-6-15(7-10-18)17-8-5-13-3-2-4-14(16)11-13/h2-4,11,15,17H,5-10H2,1H3. The fourth-order valence-electron chi connectivity index (χ4n) is 2.51. The molecular formula is C15H21FN2O. The summed E-state index contributed by atoms with van der Waals surface area (Å²) in [5.41, 5.74) is 1.02. The molecule has 0 aliphatic carbocycles. The molecule has 1 aliphatic heterocycles. The summed E-state index contributed by atoms with van der Waals surface area (Å²) in [7, 11) is 0. The molecule has 1 N–H and O–H groups in total. The topological polar surface area (TPSA) is 32.3 Å². The third kappa shape index (κ3) is 4.31. The Bertz CT molecular complexity index is 428. The quantitative estimate of drug-likeness (QED) is 0.901. The maximum atomic E-state index is 13.0. The first-order chi connectivity index (χ1) is 9.15. The molecule has 1 heterocycles. The van der Waals surface area contributed by atoms with E-state index < -0.39 is 0 Å². The molecule has 1 aromatic rings. The monoisotopic (exact) mass is 264 g/mol. The Kier molecular flexibility index (Phi) is 4.91. The van der Waals surface area contributed by atoms with E-state index >= 15 is 0 Å². The molecule has 0 aromatic heterocycles. The predicted octanol–water partition coefficient (Wildman–Crippen LogP) is 1.97. The first-order valence-electron chi connectivity index (χ1n) is 6.88. The highest BCUT2D eigenvalue weighted by Crippen LogP contribution is 2.10. The molecule has 1 fully saturated rings. The molecule has 1 amide bonds. The van der Waals surface area contributed by atoms with Crippen molar-refractivity contribution in [3.63, 3.8) is 0 Å². The van der Waals surface area contributed by atoms with Gasteiger partial charge in [0, 0.05) is 26.1 Å². The number of piperidine rings is 1. The summed E-state index contributed by atoms with van der Waals surface area (Å²) >= 11 is 0. The molecule has 0 atom stereocenters. The zero-order valence-corrected chi connectivity index (χ0v) is 11.4. The van der Waals surface area contributed by atoms with Crippen molar-refractivity contribution >= 4 is 5.91 Å². The van der Waals surface area contributed by atoms with Crippen molar-refractivity contribution in [2.75, 3.05) is 19.6 Å². The molecule has 0 radical (unpaired) electrons. The van der Waals surface area contributed by atoms with Crippen LogP contribution in [0.4, 0.5) is 4.39 Å². The largest absolute Gasteiger partial charge is 0.343 e. The predicted molar refractivity (Wildman–Crippen MR) is 73.4 cm³/mol. The lowest BCUT2D eigenvalue weighted by atomic mass is 10.0. The lowest BCUT2D eigenvalue weighted by molar-refractivity contribution is -0.129. The minimum absolute atomic E-state index is 0.165. The van der Waals surface area contributed by atoms with Crippen LogP contribution in [-0.4, -0.2) is 36.5 Å². The Balaban J connectivity index is 1.68. The van der Waals surface area contributed by atoms with Crippen LogP contribution in [0.15, 0.2) is 24.3 Å². The third-order valence-electron chi connectivity index (χ3n) is 3.68. The maximum Gasteiger partial charge on any atom is 0.219 e. The Morgan fingerprint density at radius 3 is 2.79 bits per heavy atom. The smallest absolute Gasteiger partial charge is 0.219 e. The van der Waals surface area contributed by atoms with E-state index in [0.717, 1.165) is 44.5 Å². The molecule has 0 saturated carbocycles. The highest BCUT2D eigenvalue weighted by molar-refractivity contribution is 5.73. The third-order valence-corrected chi connectivity index (χ3v) is 3.68. The molecule has 1 aliphatic rings. The number of hydrogen-bond donors (Lipinski definition) is 1. The Morgan fingerprint density at radius 1 is 1.42 bits per heavy atom. The number of carbonyl (C=O) groups excluding carboxylic acids is 1. The summed E-state index contributed by atoms with van der Waals surface area (Å²) in [6, 6.07) is 7.22. The van der Waals surface area contributed by atoms with Crippen molar-refractivity contribution in [1.29, 1.82) is 0 Å². The Morgan fingerprint density at radius 2 is 2.16 bits per heavy atom. The average molecular weight is 264 g/mol. The Hall–Kier alpha value is -1.42. The number of likely N-dealkylation sites (tertiary alicyclic amines) is 1. The van der Waals surface area contributed by atoms with Gasteiger partial charge in [0.2, 0.25) is 5.91 Å². The van der Waals surface area contributed by atoms with Crippen LogP contribution in [0.1, 0.15) is 25.3 Å². The molecular weight excluding hydrogens is 243 g/mol. The number of nitrogens with zero attached hydrogens (tertiary/aromatic N) is 1. The molecule has 3 nitrogen and oxygen atoms in total. The Labute approximate surface area is 113 Å². The zero-order chi connectivity index (χ0) is 13.7. The average Bonchev–Trinajstić information content (AvgIpc) is 2.39. The van der Waals surface area contributed by atoms with Gasteiger partial charge in [0.1, 0.15) is 5.82 Å². The number of benzene rings is 1. The fourth-order valence-corrected chi connectivity index (χ4v) is 2.51. The minimum Gasteiger partial charge on any atom is -0.343 e. The summed E-state index contributed by atoms with van der Waals surface area (Å²) in [5.74, 6) is -0.00882. The van der Waals surface area contributed by atoms with E-state index in [0.29, 0.717) is 6.04 Å². The number of hydrogen-bond acceptors (Lipinski definition) is 2. The van der Waals surface area contributed by atoms with Crippen molar-refractivity contribution in [3.05, 3.63) is 35.6 Å². The highest BCUT2D eigenvalue weighted by Gasteiger charge is 2.19. The fraction of sp³-hybridized carbons (Fsp3) is 0.533. The van der Waals surface area contributed by atoms with Gasteiger partial charge >= 0.3 is 0 Å². The van der Waals surface area contributed by atoms with Gasteiger partial charge < -0.3 is 10.2 Å². The van der Waals surface area contributed by atoms with Gasteiger partial charge in [0.15, 0.2) is 0 Å². The van der Waals surface area contributed by atoms with Crippen LogP contribution >= 0.6 is 0 Å². The van der Waals surface area contributed by atoms with Gasteiger partial charge in [-0.15, -0.1) is 0 Å². The lowest BCUT2D eigenvalue weighted by Crippen LogP contribution is -2.44. The van der Waals surface area contributed by atoms with Crippen LogP contribution in [0.5, 0.6) is 0 Å². The number of halogens is 1. The second kappa shape index (κ2) is 6.66. The van der Waals surface area contributed by atoms with Crippen LogP contribution < -0.4 is 5.32 Å². The zero-order valence-electron chi connectivity index (χ0n) is 11.4. The van der Waals surface area contributed by atoms with Gasteiger partial charge in [-0.05, 0) is 43.5 Å². The van der Waals surface area contributed by atoms with E-state index in [9.17, 15) is 9.18 Å². The number of amides is 1. The summed E-state index contributed by atoms with van der Waals surface area (Å²) in [6.07, 6.45) is 2.84. The molecule has 0 bridgehead atoms. The van der Waals surface area contributed by atoms with Crippen LogP contribution in [0, 0.1) is 5.82 Å². The van der Waals surface area contributed by atoms with Gasteiger partial charge in [-0.1, -0.05) is 12.1 Å². The number of nitrogens with one attached hydrogen (secondary N) is 1. The molecule has 2 rings (SSSR count). The molecule has 4 heteroatoms. The second-order valence-corrected chi connectivity index (χ2v) is 5.11. The van der Waals surface area contributed by atoms with Gasteiger partial charge in [0.05, 0.1) is 0 Å². The number of rotatable bonds is 4. The molecule has 104 valence electrons. The van der Waals surface area contributed by atoms with Crippen LogP contribution in [0.2, 0.25) is 0 Å².